The molecule has 2 heterocycles. The molecule has 5 rings (SSSR count). The molecule has 2 aromatic rings. The van der Waals surface area contributed by atoms with Crippen molar-refractivity contribution in [3.63, 3.8) is 0 Å². The zero-order valence-corrected chi connectivity index (χ0v) is 17.3. The number of likely N-dealkylation sites (N-methyl/N-ethyl adjacent to an activating group) is 1. The number of fused-ring (bicyclic) bond motifs is 3. The van der Waals surface area contributed by atoms with E-state index in [1.165, 1.54) is 12.8 Å². The molecule has 0 radical (unpaired) electrons. The van der Waals surface area contributed by atoms with Crippen LogP contribution in [0.15, 0.2) is 42.5 Å². The molecule has 3 atom stereocenters. The summed E-state index contributed by atoms with van der Waals surface area (Å²) in [6, 6.07) is 16.3. The first-order valence-corrected chi connectivity index (χ1v) is 10.9. The van der Waals surface area contributed by atoms with Crippen molar-refractivity contribution in [3.8, 4) is 17.2 Å². The first-order valence-electron chi connectivity index (χ1n) is 10.9. The minimum Gasteiger partial charge on any atom is -0.394 e. The second-order valence-corrected chi connectivity index (χ2v) is 8.96. The number of aliphatic hydroxyl groups excluding tert-OH is 1. The van der Waals surface area contributed by atoms with Gasteiger partial charge in [-0.05, 0) is 66.1 Å². The molecule has 0 spiro atoms. The van der Waals surface area contributed by atoms with Crippen LogP contribution in [0.5, 0.6) is 0 Å². The Labute approximate surface area is 177 Å². The highest BCUT2D eigenvalue weighted by Gasteiger charge is 2.48. The monoisotopic (exact) mass is 401 g/mol. The minimum atomic E-state index is 0.0127. The van der Waals surface area contributed by atoms with Crippen LogP contribution < -0.4 is 4.90 Å². The summed E-state index contributed by atoms with van der Waals surface area (Å²) >= 11 is 0. The molecule has 0 unspecified atom stereocenters. The molecule has 0 aromatic heterocycles. The van der Waals surface area contributed by atoms with Crippen molar-refractivity contribution in [1.29, 1.82) is 5.26 Å². The molecule has 2 fully saturated rings. The minimum absolute atomic E-state index is 0.0127. The molecule has 2 aliphatic heterocycles. The van der Waals surface area contributed by atoms with Gasteiger partial charge in [0.1, 0.15) is 0 Å². The summed E-state index contributed by atoms with van der Waals surface area (Å²) in [5.74, 6) is 1.06. The summed E-state index contributed by atoms with van der Waals surface area (Å²) < 4.78 is 0. The third-order valence-electron chi connectivity index (χ3n) is 7.16. The number of carbonyl (C=O) groups excluding carboxylic acids is 1. The van der Waals surface area contributed by atoms with Gasteiger partial charge in [-0.3, -0.25) is 4.79 Å². The van der Waals surface area contributed by atoms with Crippen LogP contribution in [0.1, 0.15) is 42.9 Å². The zero-order valence-electron chi connectivity index (χ0n) is 17.3. The molecule has 1 saturated carbocycles. The van der Waals surface area contributed by atoms with E-state index in [0.29, 0.717) is 17.9 Å². The number of nitrogens with zero attached hydrogens (tertiary/aromatic N) is 3. The van der Waals surface area contributed by atoms with Crippen molar-refractivity contribution in [3.05, 3.63) is 53.6 Å². The van der Waals surface area contributed by atoms with E-state index in [9.17, 15) is 15.2 Å². The van der Waals surface area contributed by atoms with Crippen LogP contribution in [-0.2, 0) is 4.79 Å². The van der Waals surface area contributed by atoms with Gasteiger partial charge in [0.25, 0.3) is 0 Å². The quantitative estimate of drug-likeness (QED) is 0.848. The molecule has 1 aliphatic carbocycles. The normalized spacial score (nSPS) is 24.9. The molecule has 30 heavy (non-hydrogen) atoms. The fourth-order valence-electron chi connectivity index (χ4n) is 5.37. The summed E-state index contributed by atoms with van der Waals surface area (Å²) in [5.41, 5.74) is 4.95. The molecule has 1 saturated heterocycles. The largest absolute Gasteiger partial charge is 0.394 e. The summed E-state index contributed by atoms with van der Waals surface area (Å²) in [4.78, 5) is 17.3. The maximum atomic E-state index is 13.1. The van der Waals surface area contributed by atoms with Gasteiger partial charge in [-0.2, -0.15) is 5.26 Å². The van der Waals surface area contributed by atoms with Crippen LogP contribution in [0, 0.1) is 23.2 Å². The van der Waals surface area contributed by atoms with Gasteiger partial charge in [0.15, 0.2) is 0 Å². The number of carbonyl (C=O) groups is 1. The van der Waals surface area contributed by atoms with Crippen LogP contribution >= 0.6 is 0 Å². The van der Waals surface area contributed by atoms with Gasteiger partial charge in [0, 0.05) is 31.6 Å². The van der Waals surface area contributed by atoms with Crippen molar-refractivity contribution in [2.75, 3.05) is 25.1 Å². The molecular weight excluding hydrogens is 374 g/mol. The number of nitriles is 1. The van der Waals surface area contributed by atoms with Crippen LogP contribution in [0.25, 0.3) is 11.1 Å². The lowest BCUT2D eigenvalue weighted by Gasteiger charge is -2.44. The highest BCUT2D eigenvalue weighted by Crippen LogP contribution is 2.50. The van der Waals surface area contributed by atoms with E-state index in [0.717, 1.165) is 35.3 Å². The number of likely N-dealkylation sites (tertiary alicyclic amines) is 1. The number of rotatable bonds is 4. The molecule has 0 bridgehead atoms. The van der Waals surface area contributed by atoms with E-state index in [1.54, 1.807) is 0 Å². The summed E-state index contributed by atoms with van der Waals surface area (Å²) in [5, 5.41) is 19.4. The van der Waals surface area contributed by atoms with Gasteiger partial charge >= 0.3 is 0 Å². The Morgan fingerprint density at radius 3 is 2.70 bits per heavy atom. The van der Waals surface area contributed by atoms with Gasteiger partial charge < -0.3 is 14.9 Å². The fraction of sp³-hybridized carbons (Fsp3) is 0.440. The van der Waals surface area contributed by atoms with Gasteiger partial charge in [-0.25, -0.2) is 0 Å². The number of hydrogen-bond acceptors (Lipinski definition) is 4. The average molecular weight is 402 g/mol. The Morgan fingerprint density at radius 1 is 1.17 bits per heavy atom. The van der Waals surface area contributed by atoms with Gasteiger partial charge in [0.2, 0.25) is 5.91 Å². The molecule has 3 aliphatic rings. The fourth-order valence-corrected chi connectivity index (χ4v) is 5.37. The van der Waals surface area contributed by atoms with Crippen molar-refractivity contribution in [2.45, 2.75) is 37.8 Å². The highest BCUT2D eigenvalue weighted by molar-refractivity contribution is 5.79. The van der Waals surface area contributed by atoms with Crippen molar-refractivity contribution in [1.82, 2.24) is 4.90 Å². The summed E-state index contributed by atoms with van der Waals surface area (Å²) in [7, 11) is 2.04. The van der Waals surface area contributed by atoms with E-state index in [2.05, 4.69) is 34.1 Å². The second kappa shape index (κ2) is 7.45. The Morgan fingerprint density at radius 2 is 1.97 bits per heavy atom. The Kier molecular flexibility index (Phi) is 4.75. The van der Waals surface area contributed by atoms with Crippen molar-refractivity contribution in [2.24, 2.45) is 11.8 Å². The van der Waals surface area contributed by atoms with E-state index >= 15 is 0 Å². The molecule has 1 N–H and O–H groups in total. The van der Waals surface area contributed by atoms with Crippen LogP contribution in [0.4, 0.5) is 5.69 Å². The molecule has 5 heteroatoms. The predicted octanol–water partition coefficient (Wildman–Crippen LogP) is 3.73. The molecule has 5 nitrogen and oxygen atoms in total. The first-order chi connectivity index (χ1) is 14.6. The van der Waals surface area contributed by atoms with Crippen LogP contribution in [-0.4, -0.2) is 42.2 Å². The Balaban J connectivity index is 1.57. The molecule has 1 amide bonds. The van der Waals surface area contributed by atoms with Crippen LogP contribution in [0.3, 0.4) is 0 Å². The first kappa shape index (κ1) is 19.1. The van der Waals surface area contributed by atoms with E-state index in [1.807, 2.05) is 31.3 Å². The SMILES string of the molecule is CN1c2ccc(-c3cccc(C#N)c3)cc2[C@@H]2[C@@H](CCN2C(=O)CC2CC2)[C@H]1CO. The maximum Gasteiger partial charge on any atom is 0.223 e. The molecule has 2 aromatic carbocycles. The third-order valence-corrected chi connectivity index (χ3v) is 7.16. The Bertz CT molecular complexity index is 1020. The lowest BCUT2D eigenvalue weighted by atomic mass is 9.81. The predicted molar refractivity (Wildman–Crippen MR) is 116 cm³/mol. The number of amides is 1. The molecular formula is C25H27N3O2. The van der Waals surface area contributed by atoms with E-state index in [-0.39, 0.29) is 30.5 Å². The maximum absolute atomic E-state index is 13.1. The van der Waals surface area contributed by atoms with Crippen molar-refractivity contribution >= 4 is 11.6 Å². The third kappa shape index (κ3) is 3.16. The van der Waals surface area contributed by atoms with E-state index in [4.69, 9.17) is 0 Å². The number of aliphatic hydroxyl groups is 1. The second-order valence-electron chi connectivity index (χ2n) is 8.96. The molecule has 154 valence electrons. The average Bonchev–Trinajstić information content (AvgIpc) is 3.48. The lowest BCUT2D eigenvalue weighted by molar-refractivity contribution is -0.133. The van der Waals surface area contributed by atoms with E-state index < -0.39 is 0 Å². The van der Waals surface area contributed by atoms with Crippen molar-refractivity contribution < 1.29 is 9.90 Å². The summed E-state index contributed by atoms with van der Waals surface area (Å²) in [6.07, 6.45) is 3.92. The van der Waals surface area contributed by atoms with Gasteiger partial charge in [-0.1, -0.05) is 18.2 Å². The topological polar surface area (TPSA) is 67.6 Å². The highest BCUT2D eigenvalue weighted by atomic mass is 16.3. The standard InChI is InChI=1S/C25H27N3O2/c1-27-22-8-7-19(18-4-2-3-17(11-18)14-26)13-21(22)25-20(23(27)15-29)9-10-28(25)24(30)12-16-5-6-16/h2-4,7-8,11,13,16,20,23,25,29H,5-6,9-10,12,15H2,1H3/t20-,23+,25-/m0/s1. The van der Waals surface area contributed by atoms with Crippen LogP contribution in [0.2, 0.25) is 0 Å². The smallest absolute Gasteiger partial charge is 0.223 e. The van der Waals surface area contributed by atoms with Gasteiger partial charge in [-0.15, -0.1) is 0 Å². The Hall–Kier alpha value is -2.84. The lowest BCUT2D eigenvalue weighted by Crippen LogP contribution is -2.48. The number of anilines is 1. The number of hydrogen-bond donors (Lipinski definition) is 1. The zero-order chi connectivity index (χ0) is 20.8. The van der Waals surface area contributed by atoms with Gasteiger partial charge in [0.05, 0.1) is 30.3 Å². The summed E-state index contributed by atoms with van der Waals surface area (Å²) in [6.45, 7) is 0.854. The number of benzene rings is 2.